The number of amides is 1. The maximum Gasteiger partial charge on any atom is 0.267 e. The van der Waals surface area contributed by atoms with Crippen LogP contribution in [0.25, 0.3) is 22.5 Å². The molecule has 2 aromatic carbocycles. The van der Waals surface area contributed by atoms with Crippen LogP contribution in [0, 0.1) is 12.7 Å². The zero-order chi connectivity index (χ0) is 21.1. The third kappa shape index (κ3) is 4.49. The van der Waals surface area contributed by atoms with E-state index in [0.29, 0.717) is 16.9 Å². The Balaban J connectivity index is 1.51. The van der Waals surface area contributed by atoms with Gasteiger partial charge in [-0.05, 0) is 49.4 Å². The SMILES string of the molecule is Cc1nc(-c2cccc(NC(=O)Cn3nc(-c4ccc(F)cc4)ccc3=O)c2)cs1. The van der Waals surface area contributed by atoms with E-state index in [2.05, 4.69) is 15.4 Å². The highest BCUT2D eigenvalue weighted by Gasteiger charge is 2.10. The van der Waals surface area contributed by atoms with Gasteiger partial charge in [0.25, 0.3) is 5.56 Å². The second kappa shape index (κ2) is 8.38. The fraction of sp³-hybridized carbons (Fsp3) is 0.0909. The zero-order valence-electron chi connectivity index (χ0n) is 16.0. The van der Waals surface area contributed by atoms with E-state index in [1.807, 2.05) is 30.5 Å². The first-order valence-corrected chi connectivity index (χ1v) is 10.0. The summed E-state index contributed by atoms with van der Waals surface area (Å²) in [5.74, 6) is -0.742. The number of thiazole rings is 1. The maximum atomic E-state index is 13.1. The molecule has 2 aromatic heterocycles. The lowest BCUT2D eigenvalue weighted by Gasteiger charge is -2.09. The van der Waals surface area contributed by atoms with Crippen molar-refractivity contribution in [1.29, 1.82) is 0 Å². The topological polar surface area (TPSA) is 76.9 Å². The smallest absolute Gasteiger partial charge is 0.267 e. The fourth-order valence-electron chi connectivity index (χ4n) is 2.93. The predicted molar refractivity (Wildman–Crippen MR) is 115 cm³/mol. The van der Waals surface area contributed by atoms with Crippen LogP contribution in [-0.4, -0.2) is 20.7 Å². The van der Waals surface area contributed by atoms with E-state index in [0.717, 1.165) is 20.9 Å². The van der Waals surface area contributed by atoms with Gasteiger partial charge >= 0.3 is 0 Å². The Bertz CT molecular complexity index is 1260. The number of nitrogens with one attached hydrogen (secondary N) is 1. The van der Waals surface area contributed by atoms with Crippen molar-refractivity contribution >= 4 is 22.9 Å². The average Bonchev–Trinajstić information content (AvgIpc) is 3.17. The maximum absolute atomic E-state index is 13.1. The first-order valence-electron chi connectivity index (χ1n) is 9.14. The van der Waals surface area contributed by atoms with Crippen molar-refractivity contribution < 1.29 is 9.18 Å². The van der Waals surface area contributed by atoms with Crippen molar-refractivity contribution in [2.45, 2.75) is 13.5 Å². The molecule has 4 rings (SSSR count). The molecule has 6 nitrogen and oxygen atoms in total. The summed E-state index contributed by atoms with van der Waals surface area (Å²) in [6.45, 7) is 1.69. The number of carbonyl (C=O) groups excluding carboxylic acids is 1. The Morgan fingerprint density at radius 3 is 2.60 bits per heavy atom. The molecule has 2 heterocycles. The van der Waals surface area contributed by atoms with Gasteiger partial charge in [0.15, 0.2) is 0 Å². The van der Waals surface area contributed by atoms with E-state index < -0.39 is 5.56 Å². The minimum Gasteiger partial charge on any atom is -0.324 e. The highest BCUT2D eigenvalue weighted by atomic mass is 32.1. The van der Waals surface area contributed by atoms with Crippen LogP contribution in [0.5, 0.6) is 0 Å². The standard InChI is InChI=1S/C22H17FN4O2S/c1-14-24-20(13-30-14)16-3-2-4-18(11-16)25-21(28)12-27-22(29)10-9-19(26-27)15-5-7-17(23)8-6-15/h2-11,13H,12H2,1H3,(H,25,28). The minimum absolute atomic E-state index is 0.242. The summed E-state index contributed by atoms with van der Waals surface area (Å²) in [7, 11) is 0. The molecule has 0 saturated carbocycles. The van der Waals surface area contributed by atoms with Crippen LogP contribution < -0.4 is 10.9 Å². The van der Waals surface area contributed by atoms with Crippen molar-refractivity contribution in [3.63, 3.8) is 0 Å². The number of hydrogen-bond donors (Lipinski definition) is 1. The van der Waals surface area contributed by atoms with E-state index in [9.17, 15) is 14.0 Å². The predicted octanol–water partition coefficient (Wildman–Crippen LogP) is 4.12. The summed E-state index contributed by atoms with van der Waals surface area (Å²) in [5.41, 5.74) is 3.07. The lowest BCUT2D eigenvalue weighted by Crippen LogP contribution is -2.29. The van der Waals surface area contributed by atoms with Gasteiger partial charge in [0.1, 0.15) is 12.4 Å². The van der Waals surface area contributed by atoms with Crippen molar-refractivity contribution in [2.24, 2.45) is 0 Å². The summed E-state index contributed by atoms with van der Waals surface area (Å²) >= 11 is 1.56. The number of benzene rings is 2. The molecule has 0 spiro atoms. The highest BCUT2D eigenvalue weighted by molar-refractivity contribution is 7.09. The van der Waals surface area contributed by atoms with Gasteiger partial charge < -0.3 is 5.32 Å². The van der Waals surface area contributed by atoms with Gasteiger partial charge in [-0.3, -0.25) is 9.59 Å². The second-order valence-corrected chi connectivity index (χ2v) is 7.66. The lowest BCUT2D eigenvalue weighted by molar-refractivity contribution is -0.117. The molecule has 1 amide bonds. The Morgan fingerprint density at radius 1 is 1.07 bits per heavy atom. The molecule has 30 heavy (non-hydrogen) atoms. The molecule has 0 aliphatic carbocycles. The van der Waals surface area contributed by atoms with Gasteiger partial charge in [0, 0.05) is 28.3 Å². The number of anilines is 1. The number of rotatable bonds is 5. The molecular weight excluding hydrogens is 403 g/mol. The Labute approximate surface area is 175 Å². The molecule has 0 bridgehead atoms. The third-order valence-electron chi connectivity index (χ3n) is 4.36. The largest absolute Gasteiger partial charge is 0.324 e. The van der Waals surface area contributed by atoms with Gasteiger partial charge in [-0.25, -0.2) is 14.1 Å². The van der Waals surface area contributed by atoms with Crippen LogP contribution in [0.1, 0.15) is 5.01 Å². The zero-order valence-corrected chi connectivity index (χ0v) is 16.8. The van der Waals surface area contributed by atoms with Crippen molar-refractivity contribution in [2.75, 3.05) is 5.32 Å². The molecule has 0 unspecified atom stereocenters. The molecule has 0 radical (unpaired) electrons. The third-order valence-corrected chi connectivity index (χ3v) is 5.13. The molecule has 150 valence electrons. The Morgan fingerprint density at radius 2 is 1.87 bits per heavy atom. The van der Waals surface area contributed by atoms with E-state index in [1.165, 1.54) is 18.2 Å². The summed E-state index contributed by atoms with van der Waals surface area (Å²) in [6.07, 6.45) is 0. The van der Waals surface area contributed by atoms with Crippen molar-refractivity contribution in [1.82, 2.24) is 14.8 Å². The normalized spacial score (nSPS) is 10.7. The summed E-state index contributed by atoms with van der Waals surface area (Å²) in [4.78, 5) is 29.1. The van der Waals surface area contributed by atoms with E-state index in [-0.39, 0.29) is 18.3 Å². The quantitative estimate of drug-likeness (QED) is 0.527. The average molecular weight is 420 g/mol. The summed E-state index contributed by atoms with van der Waals surface area (Å²) in [6, 6.07) is 16.0. The van der Waals surface area contributed by atoms with E-state index in [1.54, 1.807) is 35.6 Å². The number of aryl methyl sites for hydroxylation is 1. The van der Waals surface area contributed by atoms with Gasteiger partial charge in [-0.2, -0.15) is 5.10 Å². The molecular formula is C22H17FN4O2S. The molecule has 0 aliphatic heterocycles. The van der Waals surface area contributed by atoms with E-state index in [4.69, 9.17) is 0 Å². The number of halogens is 1. The Kier molecular flexibility index (Phi) is 5.49. The summed E-state index contributed by atoms with van der Waals surface area (Å²) in [5, 5.41) is 9.95. The minimum atomic E-state index is -0.400. The molecule has 0 fully saturated rings. The monoisotopic (exact) mass is 420 g/mol. The van der Waals surface area contributed by atoms with Crippen molar-refractivity contribution in [3.8, 4) is 22.5 Å². The molecule has 0 aliphatic rings. The fourth-order valence-corrected chi connectivity index (χ4v) is 3.55. The molecule has 0 atom stereocenters. The molecule has 8 heteroatoms. The van der Waals surface area contributed by atoms with Gasteiger partial charge in [-0.1, -0.05) is 12.1 Å². The van der Waals surface area contributed by atoms with Gasteiger partial charge in [0.2, 0.25) is 5.91 Å². The Hall–Kier alpha value is -3.65. The number of hydrogen-bond acceptors (Lipinski definition) is 5. The van der Waals surface area contributed by atoms with E-state index >= 15 is 0 Å². The van der Waals surface area contributed by atoms with Crippen LogP contribution >= 0.6 is 11.3 Å². The summed E-state index contributed by atoms with van der Waals surface area (Å²) < 4.78 is 14.2. The van der Waals surface area contributed by atoms with Crippen LogP contribution in [0.4, 0.5) is 10.1 Å². The number of nitrogens with zero attached hydrogens (tertiary/aromatic N) is 3. The number of aromatic nitrogens is 3. The van der Waals surface area contributed by atoms with Crippen LogP contribution in [0.15, 0.2) is 70.8 Å². The first-order chi connectivity index (χ1) is 14.5. The van der Waals surface area contributed by atoms with Gasteiger partial charge in [0.05, 0.1) is 16.4 Å². The highest BCUT2D eigenvalue weighted by Crippen LogP contribution is 2.24. The van der Waals surface area contributed by atoms with Gasteiger partial charge in [-0.15, -0.1) is 11.3 Å². The van der Waals surface area contributed by atoms with Crippen LogP contribution in [0.2, 0.25) is 0 Å². The first kappa shape index (κ1) is 19.7. The van der Waals surface area contributed by atoms with Crippen molar-refractivity contribution in [3.05, 3.63) is 87.2 Å². The lowest BCUT2D eigenvalue weighted by atomic mass is 10.1. The molecule has 4 aromatic rings. The van der Waals surface area contributed by atoms with Crippen LogP contribution in [0.3, 0.4) is 0 Å². The molecule has 1 N–H and O–H groups in total. The second-order valence-electron chi connectivity index (χ2n) is 6.60. The number of carbonyl (C=O) groups is 1. The van der Waals surface area contributed by atoms with Crippen LogP contribution in [-0.2, 0) is 11.3 Å². The molecule has 0 saturated heterocycles.